The van der Waals surface area contributed by atoms with E-state index in [2.05, 4.69) is 22.3 Å². The van der Waals surface area contributed by atoms with Gasteiger partial charge in [0.15, 0.2) is 10.0 Å². The molecule has 0 atom stereocenters. The van der Waals surface area contributed by atoms with E-state index in [0.29, 0.717) is 0 Å². The Kier molecular flexibility index (Phi) is 2.79. The first kappa shape index (κ1) is 9.61. The van der Waals surface area contributed by atoms with Crippen molar-refractivity contribution in [2.45, 2.75) is 19.8 Å². The molecule has 0 saturated carbocycles. The second-order valence-electron chi connectivity index (χ2n) is 2.96. The lowest BCUT2D eigenvalue weighted by Gasteiger charge is -1.88. The number of nitrogens with zero attached hydrogens (tertiary/aromatic N) is 2. The normalized spacial score (nSPS) is 10.6. The fourth-order valence-electron chi connectivity index (χ4n) is 1.16. The summed E-state index contributed by atoms with van der Waals surface area (Å²) in [6.45, 7) is 2.15. The van der Waals surface area contributed by atoms with Crippen LogP contribution in [0.5, 0.6) is 0 Å². The summed E-state index contributed by atoms with van der Waals surface area (Å²) in [5.41, 5.74) is 6.77. The van der Waals surface area contributed by atoms with Crippen LogP contribution in [0, 0.1) is 0 Å². The maximum absolute atomic E-state index is 5.61. The first-order valence-electron chi connectivity index (χ1n) is 4.45. The van der Waals surface area contributed by atoms with E-state index in [1.807, 2.05) is 0 Å². The van der Waals surface area contributed by atoms with Crippen molar-refractivity contribution < 1.29 is 0 Å². The fraction of sp³-hybridized carbons (Fsp3) is 0.333. The van der Waals surface area contributed by atoms with Crippen molar-refractivity contribution in [3.8, 4) is 10.0 Å². The highest BCUT2D eigenvalue weighted by Crippen LogP contribution is 2.29. The lowest BCUT2D eigenvalue weighted by atomic mass is 10.3. The molecule has 0 spiro atoms. The number of hydrogen-bond donors (Lipinski definition) is 1. The molecule has 5 heteroatoms. The highest BCUT2D eigenvalue weighted by molar-refractivity contribution is 7.22. The predicted molar refractivity (Wildman–Crippen MR) is 61.6 cm³/mol. The Morgan fingerprint density at radius 1 is 1.43 bits per heavy atom. The Morgan fingerprint density at radius 3 is 2.93 bits per heavy atom. The monoisotopic (exact) mass is 225 g/mol. The van der Waals surface area contributed by atoms with E-state index in [9.17, 15) is 0 Å². The van der Waals surface area contributed by atoms with Crippen molar-refractivity contribution in [3.63, 3.8) is 0 Å². The number of aryl methyl sites for hydroxylation is 1. The van der Waals surface area contributed by atoms with Crippen LogP contribution in [0.4, 0.5) is 5.00 Å². The number of hydrogen-bond acceptors (Lipinski definition) is 5. The van der Waals surface area contributed by atoms with Crippen LogP contribution in [0.1, 0.15) is 19.0 Å². The summed E-state index contributed by atoms with van der Waals surface area (Å²) in [5, 5.41) is 4.74. The van der Waals surface area contributed by atoms with Gasteiger partial charge < -0.3 is 5.73 Å². The van der Waals surface area contributed by atoms with E-state index in [0.717, 1.165) is 33.6 Å². The van der Waals surface area contributed by atoms with Crippen molar-refractivity contribution in [1.29, 1.82) is 0 Å². The Morgan fingerprint density at radius 2 is 2.29 bits per heavy atom. The van der Waals surface area contributed by atoms with Gasteiger partial charge in [-0.3, -0.25) is 0 Å². The van der Waals surface area contributed by atoms with Gasteiger partial charge in [0.2, 0.25) is 0 Å². The average Bonchev–Trinajstić information content (AvgIpc) is 2.74. The van der Waals surface area contributed by atoms with Gasteiger partial charge in [-0.05, 0) is 6.42 Å². The van der Waals surface area contributed by atoms with Crippen LogP contribution in [0.3, 0.4) is 0 Å². The third-order valence-electron chi connectivity index (χ3n) is 1.76. The van der Waals surface area contributed by atoms with Crippen LogP contribution in [0.2, 0.25) is 0 Å². The first-order chi connectivity index (χ1) is 6.79. The lowest BCUT2D eigenvalue weighted by Crippen LogP contribution is -1.82. The summed E-state index contributed by atoms with van der Waals surface area (Å²) in [4.78, 5) is 8.70. The minimum atomic E-state index is 0.743. The van der Waals surface area contributed by atoms with E-state index in [1.165, 1.54) is 11.3 Å². The molecule has 0 aliphatic carbocycles. The quantitative estimate of drug-likeness (QED) is 0.874. The smallest absolute Gasteiger partial charge is 0.154 e. The number of thiazole rings is 2. The molecular formula is C9H11N3S2. The predicted octanol–water partition coefficient (Wildman–Crippen LogP) is 2.80. The Labute approximate surface area is 90.6 Å². The van der Waals surface area contributed by atoms with Crippen LogP contribution in [0.25, 0.3) is 10.0 Å². The van der Waals surface area contributed by atoms with Gasteiger partial charge >= 0.3 is 0 Å². The Bertz CT molecular complexity index is 419. The van der Waals surface area contributed by atoms with Crippen molar-refractivity contribution in [2.75, 3.05) is 5.73 Å². The molecule has 2 heterocycles. The number of nitrogen functional groups attached to an aromatic ring is 1. The Hall–Kier alpha value is -0.940. The highest BCUT2D eigenvalue weighted by atomic mass is 32.1. The minimum Gasteiger partial charge on any atom is -0.389 e. The van der Waals surface area contributed by atoms with Gasteiger partial charge in [-0.25, -0.2) is 9.97 Å². The summed E-state index contributed by atoms with van der Waals surface area (Å²) in [7, 11) is 0. The number of aromatic nitrogens is 2. The van der Waals surface area contributed by atoms with Gasteiger partial charge in [0.05, 0.1) is 11.9 Å². The maximum atomic E-state index is 5.61. The summed E-state index contributed by atoms with van der Waals surface area (Å²) in [5.74, 6) is 0. The zero-order valence-corrected chi connectivity index (χ0v) is 9.49. The van der Waals surface area contributed by atoms with E-state index >= 15 is 0 Å². The molecule has 0 amide bonds. The second kappa shape index (κ2) is 4.06. The molecule has 0 unspecified atom stereocenters. The molecule has 0 aromatic carbocycles. The van der Waals surface area contributed by atoms with Gasteiger partial charge in [0.1, 0.15) is 5.00 Å². The van der Waals surface area contributed by atoms with Gasteiger partial charge in [-0.1, -0.05) is 24.7 Å². The molecule has 0 radical (unpaired) electrons. The largest absolute Gasteiger partial charge is 0.389 e. The molecule has 0 saturated heterocycles. The third-order valence-corrected chi connectivity index (χ3v) is 3.62. The maximum Gasteiger partial charge on any atom is 0.154 e. The minimum absolute atomic E-state index is 0.743. The fourth-order valence-corrected chi connectivity index (χ4v) is 2.74. The molecular weight excluding hydrogens is 214 g/mol. The summed E-state index contributed by atoms with van der Waals surface area (Å²) < 4.78 is 0. The zero-order valence-electron chi connectivity index (χ0n) is 7.86. The third kappa shape index (κ3) is 1.93. The van der Waals surface area contributed by atoms with Crippen LogP contribution in [-0.4, -0.2) is 9.97 Å². The first-order valence-corrected chi connectivity index (χ1v) is 6.15. The lowest BCUT2D eigenvalue weighted by molar-refractivity contribution is 0.893. The molecule has 2 N–H and O–H groups in total. The highest BCUT2D eigenvalue weighted by Gasteiger charge is 2.07. The van der Waals surface area contributed by atoms with Crippen molar-refractivity contribution in [1.82, 2.24) is 9.97 Å². The van der Waals surface area contributed by atoms with E-state index in [4.69, 9.17) is 5.73 Å². The van der Waals surface area contributed by atoms with Crippen molar-refractivity contribution in [2.24, 2.45) is 0 Å². The molecule has 74 valence electrons. The van der Waals surface area contributed by atoms with Gasteiger partial charge in [0, 0.05) is 5.38 Å². The van der Waals surface area contributed by atoms with Crippen LogP contribution in [0.15, 0.2) is 11.6 Å². The second-order valence-corrected chi connectivity index (χ2v) is 4.88. The van der Waals surface area contributed by atoms with Gasteiger partial charge in [0.25, 0.3) is 0 Å². The summed E-state index contributed by atoms with van der Waals surface area (Å²) >= 11 is 3.12. The Balaban J connectivity index is 2.24. The molecule has 0 fully saturated rings. The van der Waals surface area contributed by atoms with E-state index in [1.54, 1.807) is 17.5 Å². The molecule has 0 bridgehead atoms. The molecule has 0 aliphatic rings. The van der Waals surface area contributed by atoms with Crippen molar-refractivity contribution in [3.05, 3.63) is 17.3 Å². The summed E-state index contributed by atoms with van der Waals surface area (Å²) in [6.07, 6.45) is 3.85. The average molecular weight is 225 g/mol. The topological polar surface area (TPSA) is 51.8 Å². The molecule has 2 rings (SSSR count). The SMILES string of the molecule is CCCc1csc(-c2ncc(N)s2)n1. The van der Waals surface area contributed by atoms with E-state index < -0.39 is 0 Å². The van der Waals surface area contributed by atoms with Crippen molar-refractivity contribution >= 4 is 27.7 Å². The molecule has 3 nitrogen and oxygen atoms in total. The number of rotatable bonds is 3. The zero-order chi connectivity index (χ0) is 9.97. The van der Waals surface area contributed by atoms with E-state index in [-0.39, 0.29) is 0 Å². The molecule has 2 aromatic rings. The summed E-state index contributed by atoms with van der Waals surface area (Å²) in [6, 6.07) is 0. The number of anilines is 1. The molecule has 0 aliphatic heterocycles. The van der Waals surface area contributed by atoms with Gasteiger partial charge in [-0.2, -0.15) is 0 Å². The molecule has 2 aromatic heterocycles. The van der Waals surface area contributed by atoms with Crippen LogP contribution >= 0.6 is 22.7 Å². The van der Waals surface area contributed by atoms with Crippen LogP contribution < -0.4 is 5.73 Å². The van der Waals surface area contributed by atoms with Gasteiger partial charge in [-0.15, -0.1) is 11.3 Å². The van der Waals surface area contributed by atoms with Crippen LogP contribution in [-0.2, 0) is 6.42 Å². The standard InChI is InChI=1S/C9H11N3S2/c1-2-3-6-5-13-9(12-6)8-11-4-7(10)14-8/h4-5H,2-3,10H2,1H3. The molecule has 14 heavy (non-hydrogen) atoms. The number of nitrogens with two attached hydrogens (primary N) is 1.